The summed E-state index contributed by atoms with van der Waals surface area (Å²) in [6, 6.07) is 23.3. The van der Waals surface area contributed by atoms with Gasteiger partial charge in [0.15, 0.2) is 11.9 Å². The van der Waals surface area contributed by atoms with Gasteiger partial charge in [-0.3, -0.25) is 14.4 Å². The van der Waals surface area contributed by atoms with E-state index >= 15 is 9.59 Å². The van der Waals surface area contributed by atoms with E-state index in [4.69, 9.17) is 37.9 Å². The predicted octanol–water partition coefficient (Wildman–Crippen LogP) is 11.2. The van der Waals surface area contributed by atoms with Crippen LogP contribution in [0.5, 0.6) is 0 Å². The van der Waals surface area contributed by atoms with Crippen LogP contribution in [0, 0.1) is 22.7 Å². The highest BCUT2D eigenvalue weighted by Gasteiger charge is 2.77. The highest BCUT2D eigenvalue weighted by Crippen LogP contribution is 2.65. The molecule has 3 aromatic carbocycles. The largest absolute Gasteiger partial charge is 0.509 e. The predicted molar refractivity (Wildman–Crippen MR) is 315 cm³/mol. The lowest BCUT2D eigenvalue weighted by molar-refractivity contribution is -0.345. The molecule has 2 saturated heterocycles. The summed E-state index contributed by atoms with van der Waals surface area (Å²) < 4.78 is 48.9. The number of aliphatic hydroxyl groups excluding tert-OH is 1. The van der Waals surface area contributed by atoms with Gasteiger partial charge in [-0.1, -0.05) is 157 Å². The van der Waals surface area contributed by atoms with Gasteiger partial charge in [0.05, 0.1) is 36.2 Å². The van der Waals surface area contributed by atoms with Gasteiger partial charge in [0.25, 0.3) is 5.91 Å². The Morgan fingerprint density at radius 1 is 0.800 bits per heavy atom. The first-order chi connectivity index (χ1) is 40.8. The van der Waals surface area contributed by atoms with Crippen molar-refractivity contribution in [1.82, 2.24) is 5.32 Å². The van der Waals surface area contributed by atoms with E-state index in [0.717, 1.165) is 51.4 Å². The summed E-state index contributed by atoms with van der Waals surface area (Å²) >= 11 is 0. The van der Waals surface area contributed by atoms with Crippen molar-refractivity contribution in [2.24, 2.45) is 22.7 Å². The number of hydrogen-bond acceptors (Lipinski definition) is 16. The van der Waals surface area contributed by atoms with Crippen LogP contribution in [0.25, 0.3) is 0 Å². The molecule has 85 heavy (non-hydrogen) atoms. The summed E-state index contributed by atoms with van der Waals surface area (Å²) in [6.07, 6.45) is 11.4. The average molecular weight is 1170 g/mol. The molecule has 4 fully saturated rings. The number of allylic oxidation sites excluding steroid dienone is 4. The lowest BCUT2D eigenvalue weighted by Gasteiger charge is -2.67. The molecule has 2 aliphatic heterocycles. The molecule has 3 N–H and O–H groups in total. The Bertz CT molecular complexity index is 2870. The third kappa shape index (κ3) is 14.3. The van der Waals surface area contributed by atoms with Gasteiger partial charge in [-0.15, -0.1) is 0 Å². The van der Waals surface area contributed by atoms with Crippen molar-refractivity contribution in [2.75, 3.05) is 19.8 Å². The molecular formula is C68H87NO16. The van der Waals surface area contributed by atoms with E-state index in [9.17, 15) is 29.4 Å². The molecule has 3 aliphatic carbocycles. The molecular weight excluding hydrogens is 1090 g/mol. The van der Waals surface area contributed by atoms with E-state index in [1.165, 1.54) is 38.3 Å². The molecule has 2 heterocycles. The monoisotopic (exact) mass is 1170 g/mol. The Morgan fingerprint density at radius 3 is 2.06 bits per heavy atom. The summed E-state index contributed by atoms with van der Waals surface area (Å²) in [7, 11) is 0. The zero-order valence-electron chi connectivity index (χ0n) is 50.4. The maximum Gasteiger partial charge on any atom is 0.509 e. The average Bonchev–Trinajstić information content (AvgIpc) is 0.828. The fourth-order valence-corrected chi connectivity index (χ4v) is 13.7. The smallest absolute Gasteiger partial charge is 0.455 e. The van der Waals surface area contributed by atoms with Gasteiger partial charge in [-0.05, 0) is 93.3 Å². The Morgan fingerprint density at radius 2 is 1.42 bits per heavy atom. The van der Waals surface area contributed by atoms with E-state index < -0.39 is 125 Å². The molecule has 2 unspecified atom stereocenters. The lowest BCUT2D eigenvalue weighted by Crippen LogP contribution is -2.81. The first-order valence-electron chi connectivity index (χ1n) is 30.5. The van der Waals surface area contributed by atoms with Gasteiger partial charge < -0.3 is 53.4 Å². The van der Waals surface area contributed by atoms with E-state index in [0.29, 0.717) is 23.1 Å². The van der Waals surface area contributed by atoms with Gasteiger partial charge in [0.2, 0.25) is 6.10 Å². The third-order valence-corrected chi connectivity index (χ3v) is 18.3. The van der Waals surface area contributed by atoms with Crippen molar-refractivity contribution >= 4 is 35.8 Å². The molecule has 13 atom stereocenters. The van der Waals surface area contributed by atoms with Crippen LogP contribution in [0.1, 0.15) is 171 Å². The number of Topliss-reactive ketones (excluding diaryl/α,β-unsaturated/α-hetero) is 1. The van der Waals surface area contributed by atoms with Crippen molar-refractivity contribution in [3.8, 4) is 0 Å². The minimum absolute atomic E-state index is 0.105. The number of esters is 3. The molecule has 2 bridgehead atoms. The second kappa shape index (κ2) is 28.8. The molecule has 3 aromatic rings. The molecule has 0 aromatic heterocycles. The number of carbonyl (C=O) groups is 6. The molecule has 8 rings (SSSR count). The van der Waals surface area contributed by atoms with Crippen LogP contribution in [0.2, 0.25) is 0 Å². The molecule has 1 amide bonds. The van der Waals surface area contributed by atoms with Crippen molar-refractivity contribution in [3.63, 3.8) is 0 Å². The first kappa shape index (κ1) is 64.5. The summed E-state index contributed by atoms with van der Waals surface area (Å²) in [6.45, 7) is 11.3. The zero-order chi connectivity index (χ0) is 60.9. The number of ketones is 1. The number of unbranched alkanes of at least 4 members (excludes halogenated alkanes) is 8. The van der Waals surface area contributed by atoms with Crippen LogP contribution in [-0.2, 0) is 52.3 Å². The third-order valence-electron chi connectivity index (χ3n) is 18.3. The Kier molecular flexibility index (Phi) is 21.9. The van der Waals surface area contributed by atoms with Gasteiger partial charge in [0.1, 0.15) is 48.4 Å². The number of hydrogen-bond donors (Lipinski definition) is 3. The first-order valence-corrected chi connectivity index (χ1v) is 30.5. The summed E-state index contributed by atoms with van der Waals surface area (Å²) in [5.74, 6) is -6.41. The topological polar surface area (TPSA) is 229 Å². The van der Waals surface area contributed by atoms with Crippen molar-refractivity contribution in [1.29, 1.82) is 0 Å². The van der Waals surface area contributed by atoms with E-state index in [1.54, 1.807) is 113 Å². The molecule has 17 heteroatoms. The molecule has 0 spiro atoms. The van der Waals surface area contributed by atoms with Gasteiger partial charge in [-0.25, -0.2) is 14.4 Å². The van der Waals surface area contributed by atoms with Crippen molar-refractivity contribution in [3.05, 3.63) is 143 Å². The van der Waals surface area contributed by atoms with Crippen LogP contribution in [0.3, 0.4) is 0 Å². The second-order valence-electron chi connectivity index (χ2n) is 24.3. The van der Waals surface area contributed by atoms with Crippen molar-refractivity contribution in [2.45, 2.75) is 199 Å². The number of rotatable bonds is 26. The number of carbonyl (C=O) groups excluding carboxylic acids is 6. The standard InChI is InChI=1S/C68H87NO16/c1-8-9-10-11-12-13-14-15-16-17-18-19-20-21-31-38-54-78-41-50(81-54)42-79-64(76)83-57(56(47-32-25-22-26-33-47)69-61(73)48-34-27-23-28-35-48)63(75)82-51-40-68(77)60(84-62(74)49-36-29-24-30-37-49)58-66(7,59(72)45(3)55(44(51)2)65(68,5)6)52(71)39-53-67(58,43-80-53)85-46(4)70/h11-12,14-15,22-30,32-37,45,50-54,56-58,60,71,77H,8-10,13,16-21,31,38-43H2,1-7H3,(H,69,73)/b12-11-,15-14-/t45-,50?,51+,52+,53-,54?,56+,57-,58+,60+,66-,67+,68-/m1/s1. The highest BCUT2D eigenvalue weighted by molar-refractivity contribution is 5.95. The van der Waals surface area contributed by atoms with Crippen molar-refractivity contribution < 1.29 is 76.9 Å². The molecule has 0 radical (unpaired) electrons. The summed E-state index contributed by atoms with van der Waals surface area (Å²) in [5, 5.41) is 29.1. The van der Waals surface area contributed by atoms with Crippen LogP contribution in [0.4, 0.5) is 4.79 Å². The van der Waals surface area contributed by atoms with Crippen LogP contribution in [0.15, 0.2) is 126 Å². The fourth-order valence-electron chi connectivity index (χ4n) is 13.7. The zero-order valence-corrected chi connectivity index (χ0v) is 50.4. The normalized spacial score (nSPS) is 29.3. The summed E-state index contributed by atoms with van der Waals surface area (Å²) in [5.41, 5.74) is -5.86. The lowest BCUT2D eigenvalue weighted by atomic mass is 9.43. The number of aliphatic hydroxyl groups is 2. The van der Waals surface area contributed by atoms with Gasteiger partial charge in [-0.2, -0.15) is 0 Å². The maximum atomic E-state index is 15.6. The number of benzene rings is 3. The quantitative estimate of drug-likeness (QED) is 0.0294. The molecule has 460 valence electrons. The number of fused-ring (bicyclic) bond motifs is 5. The SMILES string of the molecule is CCCC/C=C\C/C=C\CCCCCCCCC1OCC(COC(=O)O[C@@H](C(=O)O[C@H]2C[C@@]3(O)[C@@H](OC(=O)c4ccccc4)[C@@H]4[C@]5(OC(C)=O)CO[C@@H]5C[C@H](O)[C@@]4(C)C(=O)[C@H](C)C(=C2C)C3(C)C)[C@@H](NC(=O)c2ccccc2)c2ccccc2)O1. The summed E-state index contributed by atoms with van der Waals surface area (Å²) in [4.78, 5) is 87.0. The minimum Gasteiger partial charge on any atom is -0.455 e. The molecule has 2 saturated carbocycles. The van der Waals surface area contributed by atoms with Crippen LogP contribution < -0.4 is 5.32 Å². The Labute approximate surface area is 500 Å². The molecule has 17 nitrogen and oxygen atoms in total. The number of nitrogens with one attached hydrogen (secondary N) is 1. The van der Waals surface area contributed by atoms with E-state index in [1.807, 2.05) is 0 Å². The van der Waals surface area contributed by atoms with Crippen LogP contribution >= 0.6 is 0 Å². The minimum atomic E-state index is -2.29. The highest BCUT2D eigenvalue weighted by atomic mass is 16.8. The second-order valence-corrected chi connectivity index (χ2v) is 24.3. The Hall–Kier alpha value is -6.50. The van der Waals surface area contributed by atoms with Gasteiger partial charge >= 0.3 is 24.1 Å². The van der Waals surface area contributed by atoms with Gasteiger partial charge in [0, 0.05) is 36.7 Å². The fraction of sp³-hybridized carbons (Fsp3) is 0.559. The molecule has 5 aliphatic rings. The Balaban J connectivity index is 1.03. The maximum absolute atomic E-state index is 15.6. The number of ether oxygens (including phenoxy) is 8. The number of amides is 1. The van der Waals surface area contributed by atoms with E-state index in [-0.39, 0.29) is 37.4 Å². The van der Waals surface area contributed by atoms with E-state index in [2.05, 4.69) is 36.5 Å². The van der Waals surface area contributed by atoms with Crippen LogP contribution in [-0.4, -0.2) is 120 Å².